The highest BCUT2D eigenvalue weighted by Crippen LogP contribution is 2.24. The van der Waals surface area contributed by atoms with E-state index in [9.17, 15) is 42.3 Å². The first-order valence-corrected chi connectivity index (χ1v) is 26.3. The minimum absolute atomic E-state index is 0.00985. The van der Waals surface area contributed by atoms with Crippen LogP contribution >= 0.6 is 0 Å². The second kappa shape index (κ2) is 27.3. The maximum atomic E-state index is 14.5. The molecule has 3 N–H and O–H groups in total. The second-order valence-electron chi connectivity index (χ2n) is 20.0. The Morgan fingerprint density at radius 2 is 1.40 bits per heavy atom. The maximum absolute atomic E-state index is 14.5. The lowest BCUT2D eigenvalue weighted by Crippen LogP contribution is -2.54. The smallest absolute Gasteiger partial charge is 0.297 e. The van der Waals surface area contributed by atoms with Crippen molar-refractivity contribution in [2.45, 2.75) is 115 Å². The number of benzene rings is 3. The fraction of sp³-hybridized carbons (Fsp3) is 0.519. The summed E-state index contributed by atoms with van der Waals surface area (Å²) in [4.78, 5) is 85.6. The first-order valence-electron chi connectivity index (χ1n) is 24.9. The first kappa shape index (κ1) is 57.1. The zero-order chi connectivity index (χ0) is 52.4. The van der Waals surface area contributed by atoms with E-state index < -0.39 is 69.6 Å². The minimum Gasteiger partial charge on any atom is -0.380 e. The molecule has 72 heavy (non-hydrogen) atoms. The van der Waals surface area contributed by atoms with E-state index in [-0.39, 0.29) is 85.4 Å². The van der Waals surface area contributed by atoms with Crippen LogP contribution in [0.4, 0.5) is 0 Å². The molecule has 0 radical (unpaired) electrons. The van der Waals surface area contributed by atoms with E-state index in [1.807, 2.05) is 81.1 Å². The molecule has 1 aliphatic rings. The lowest BCUT2D eigenvalue weighted by molar-refractivity contribution is -0.143. The number of Topliss-reactive ketones (excluding diaryl/α,β-unsaturated/α-hetero) is 4. The number of aliphatic hydroxyl groups is 1. The van der Waals surface area contributed by atoms with Gasteiger partial charge in [0.1, 0.15) is 18.0 Å². The van der Waals surface area contributed by atoms with E-state index in [1.165, 1.54) is 22.9 Å². The number of ketones is 4. The van der Waals surface area contributed by atoms with Crippen LogP contribution in [0.15, 0.2) is 96.0 Å². The normalized spacial score (nSPS) is 15.8. The molecule has 3 aromatic carbocycles. The van der Waals surface area contributed by atoms with Crippen LogP contribution in [0.5, 0.6) is 0 Å². The fourth-order valence-electron chi connectivity index (χ4n) is 8.65. The summed E-state index contributed by atoms with van der Waals surface area (Å²) in [6.07, 6.45) is 3.01. The number of nitrogens with zero attached hydrogens (tertiary/aromatic N) is 4. The van der Waals surface area contributed by atoms with E-state index in [4.69, 9.17) is 8.92 Å². The number of aryl methyl sites for hydroxylation is 3. The van der Waals surface area contributed by atoms with Crippen LogP contribution < -0.4 is 10.6 Å². The summed E-state index contributed by atoms with van der Waals surface area (Å²) in [5, 5.41) is 25.2. The van der Waals surface area contributed by atoms with Gasteiger partial charge in [0, 0.05) is 69.4 Å². The van der Waals surface area contributed by atoms with Crippen molar-refractivity contribution in [1.29, 1.82) is 0 Å². The van der Waals surface area contributed by atoms with Gasteiger partial charge >= 0.3 is 0 Å². The number of hydrogen-bond acceptors (Lipinski definition) is 14. The number of morpholine rings is 1. The van der Waals surface area contributed by atoms with Crippen molar-refractivity contribution in [1.82, 2.24) is 30.5 Å². The number of rotatable bonds is 30. The van der Waals surface area contributed by atoms with Crippen LogP contribution in [0.25, 0.3) is 0 Å². The fourth-order valence-corrected chi connectivity index (χ4v) is 9.69. The summed E-state index contributed by atoms with van der Waals surface area (Å²) in [5.74, 6) is -4.80. The van der Waals surface area contributed by atoms with Crippen molar-refractivity contribution in [2.24, 2.45) is 30.7 Å². The first-order chi connectivity index (χ1) is 34.2. The van der Waals surface area contributed by atoms with Crippen molar-refractivity contribution in [2.75, 3.05) is 39.5 Å². The Bertz CT molecular complexity index is 2540. The molecule has 1 aromatic heterocycles. The molecule has 17 nitrogen and oxygen atoms in total. The van der Waals surface area contributed by atoms with Crippen LogP contribution in [-0.2, 0) is 69.3 Å². The van der Waals surface area contributed by atoms with E-state index >= 15 is 0 Å². The largest absolute Gasteiger partial charge is 0.380 e. The van der Waals surface area contributed by atoms with Gasteiger partial charge in [0.2, 0.25) is 11.8 Å². The van der Waals surface area contributed by atoms with Crippen LogP contribution in [0.3, 0.4) is 0 Å². The predicted molar refractivity (Wildman–Crippen MR) is 270 cm³/mol. The highest BCUT2D eigenvalue weighted by Gasteiger charge is 2.40. The summed E-state index contributed by atoms with van der Waals surface area (Å²) < 4.78 is 39.1. The molecule has 1 aliphatic heterocycles. The second-order valence-corrected chi connectivity index (χ2v) is 21.6. The van der Waals surface area contributed by atoms with Gasteiger partial charge in [-0.2, -0.15) is 8.42 Å². The van der Waals surface area contributed by atoms with Gasteiger partial charge in [-0.05, 0) is 74.1 Å². The van der Waals surface area contributed by atoms with Gasteiger partial charge in [-0.1, -0.05) is 106 Å². The lowest BCUT2D eigenvalue weighted by Gasteiger charge is -2.30. The van der Waals surface area contributed by atoms with Gasteiger partial charge in [0.05, 0.1) is 42.4 Å². The van der Waals surface area contributed by atoms with E-state index in [2.05, 4.69) is 20.9 Å². The molecule has 0 saturated carbocycles. The predicted octanol–water partition coefficient (Wildman–Crippen LogP) is 5.08. The Morgan fingerprint density at radius 1 is 0.792 bits per heavy atom. The van der Waals surface area contributed by atoms with Crippen LogP contribution in [0, 0.1) is 23.7 Å². The topological polar surface area (TPSA) is 233 Å². The summed E-state index contributed by atoms with van der Waals surface area (Å²) >= 11 is 0. The van der Waals surface area contributed by atoms with Crippen LogP contribution in [0.2, 0.25) is 0 Å². The molecule has 0 spiro atoms. The number of nitrogens with one attached hydrogen (secondary N) is 2. The lowest BCUT2D eigenvalue weighted by atomic mass is 9.86. The van der Waals surface area contributed by atoms with Crippen molar-refractivity contribution < 1.29 is 51.2 Å². The van der Waals surface area contributed by atoms with Gasteiger partial charge in [0.15, 0.2) is 17.3 Å². The van der Waals surface area contributed by atoms with E-state index in [1.54, 1.807) is 25.4 Å². The molecule has 2 heterocycles. The summed E-state index contributed by atoms with van der Waals surface area (Å²) in [6.45, 7) is 10.1. The average Bonchev–Trinajstić information content (AvgIpc) is 3.78. The Kier molecular flexibility index (Phi) is 21.7. The average molecular weight is 1010 g/mol. The zero-order valence-electron chi connectivity index (χ0n) is 42.5. The summed E-state index contributed by atoms with van der Waals surface area (Å²) in [5.41, 5.74) is 0.0297. The van der Waals surface area contributed by atoms with Crippen molar-refractivity contribution in [3.63, 3.8) is 0 Å². The quantitative estimate of drug-likeness (QED) is 0.0457. The Balaban J connectivity index is 1.30. The molecule has 5 rings (SSSR count). The molecule has 4 aromatic rings. The molecular weight excluding hydrogens is 941 g/mol. The monoisotopic (exact) mass is 1010 g/mol. The third-order valence-electron chi connectivity index (χ3n) is 12.6. The number of hydrogen-bond donors (Lipinski definition) is 3. The van der Waals surface area contributed by atoms with Gasteiger partial charge in [-0.15, -0.1) is 5.10 Å². The van der Waals surface area contributed by atoms with Crippen molar-refractivity contribution in [3.8, 4) is 0 Å². The number of amides is 2. The number of aromatic nitrogens is 3. The highest BCUT2D eigenvalue weighted by molar-refractivity contribution is 7.86. The minimum atomic E-state index is -4.61. The standard InChI is InChI=1S/C54H72N6O11S/c1-37(2)28-47(55-52(65)42(21-20-39-14-9-7-10-15-39)31-45(61)35-60-24-26-70-27-25-60)50(63)33-43(30-40-16-11-8-12-17-40)53(66)56-48(29-38(3)4)51(64)54(5,67)36-71-72(68,69)46-19-13-18-41(32-46)49(62)23-22-44-34-59(6)58-57-44/h7-19,32,34,37-38,42-43,47-48,67H,20-31,33,35-36H2,1-6H3,(H,55,65)(H,56,66)/t42-,43-,47+,48+,54?/m1/s1. The molecule has 1 unspecified atom stereocenters. The molecule has 0 aliphatic carbocycles. The molecule has 390 valence electrons. The zero-order valence-corrected chi connectivity index (χ0v) is 43.3. The number of carbonyl (C=O) groups excluding carboxylic acids is 6. The molecular formula is C54H72N6O11S. The number of ether oxygens (including phenoxy) is 1. The molecule has 0 bridgehead atoms. The molecule has 1 fully saturated rings. The summed E-state index contributed by atoms with van der Waals surface area (Å²) in [7, 11) is -2.91. The van der Waals surface area contributed by atoms with Crippen LogP contribution in [0.1, 0.15) is 100 Å². The third-order valence-corrected chi connectivity index (χ3v) is 13.9. The highest BCUT2D eigenvalue weighted by atomic mass is 32.2. The van der Waals surface area contributed by atoms with Gasteiger partial charge in [-0.25, -0.2) is 0 Å². The summed E-state index contributed by atoms with van der Waals surface area (Å²) in [6, 6.07) is 21.6. The van der Waals surface area contributed by atoms with Crippen molar-refractivity contribution in [3.05, 3.63) is 114 Å². The van der Waals surface area contributed by atoms with Gasteiger partial charge < -0.3 is 20.5 Å². The number of carbonyl (C=O) groups is 6. The third kappa shape index (κ3) is 18.4. The molecule has 18 heteroatoms. The van der Waals surface area contributed by atoms with Crippen molar-refractivity contribution >= 4 is 45.1 Å². The SMILES string of the molecule is CC(C)C[C@H](NC(=O)[C@H](CCc1ccccc1)CC(=O)CN1CCOCC1)C(=O)C[C@@H](Cc1ccccc1)C(=O)N[C@@H](CC(C)C)C(=O)C(C)(O)COS(=O)(=O)c1cccc(C(=O)CCc2cn(C)nn2)c1. The molecule has 1 saturated heterocycles. The van der Waals surface area contributed by atoms with E-state index in [0.717, 1.165) is 24.1 Å². The van der Waals surface area contributed by atoms with Crippen LogP contribution in [-0.4, -0.2) is 126 Å². The van der Waals surface area contributed by atoms with Gasteiger partial charge in [-0.3, -0.25) is 42.5 Å². The Morgan fingerprint density at radius 3 is 2.03 bits per heavy atom. The molecule has 2 amide bonds. The van der Waals surface area contributed by atoms with Gasteiger partial charge in [0.25, 0.3) is 10.1 Å². The maximum Gasteiger partial charge on any atom is 0.297 e. The Labute approximate surface area is 423 Å². The Hall–Kier alpha value is -5.79. The van der Waals surface area contributed by atoms with E-state index in [0.29, 0.717) is 44.8 Å². The molecule has 5 atom stereocenters.